The molecule has 1 heterocycles. The van der Waals surface area contributed by atoms with Crippen molar-refractivity contribution in [3.63, 3.8) is 0 Å². The summed E-state index contributed by atoms with van der Waals surface area (Å²) in [6, 6.07) is 18.4. The first-order valence-electron chi connectivity index (χ1n) is 9.25. The molecule has 0 unspecified atom stereocenters. The maximum Gasteiger partial charge on any atom is 0.264 e. The lowest BCUT2D eigenvalue weighted by molar-refractivity contribution is -0.136. The second-order valence-corrected chi connectivity index (χ2v) is 8.14. The molecule has 30 heavy (non-hydrogen) atoms. The van der Waals surface area contributed by atoms with E-state index in [-0.39, 0.29) is 6.54 Å². The number of hydrogen-bond acceptors (Lipinski definition) is 4. The summed E-state index contributed by atoms with van der Waals surface area (Å²) in [6.07, 6.45) is -0.417. The van der Waals surface area contributed by atoms with Crippen molar-refractivity contribution in [3.8, 4) is 0 Å². The zero-order chi connectivity index (χ0) is 21.5. The number of halogens is 2. The zero-order valence-corrected chi connectivity index (χ0v) is 17.3. The Balaban J connectivity index is 1.71. The van der Waals surface area contributed by atoms with Gasteiger partial charge in [-0.25, -0.2) is 0 Å². The number of carbonyl (C=O) groups excluding carboxylic acids is 2. The van der Waals surface area contributed by atoms with E-state index in [4.69, 9.17) is 28.9 Å². The molecule has 152 valence electrons. The number of hydrogen-bond donors (Lipinski definition) is 2. The molecule has 0 aromatic heterocycles. The van der Waals surface area contributed by atoms with Crippen molar-refractivity contribution in [3.05, 3.63) is 93.5 Å². The van der Waals surface area contributed by atoms with Crippen molar-refractivity contribution in [2.24, 2.45) is 0 Å². The standard InChI is InChI=1S/C23H18Cl2N2O3/c24-16-6-4-14(5-7-16)13-27-20-9-8-17(25)11-19(20)23(30,22(27)29)12-21(28)15-2-1-3-18(26)10-15/h1-11,30H,12-13,26H2/t23-/m0/s1. The Labute approximate surface area is 183 Å². The molecular formula is C23H18Cl2N2O3. The highest BCUT2D eigenvalue weighted by atomic mass is 35.5. The van der Waals surface area contributed by atoms with Crippen molar-refractivity contribution in [2.75, 3.05) is 10.6 Å². The number of carbonyl (C=O) groups is 2. The van der Waals surface area contributed by atoms with Crippen molar-refractivity contribution in [2.45, 2.75) is 18.6 Å². The van der Waals surface area contributed by atoms with Gasteiger partial charge in [0.2, 0.25) is 0 Å². The quantitative estimate of drug-likeness (QED) is 0.449. The van der Waals surface area contributed by atoms with E-state index in [0.29, 0.717) is 32.5 Å². The molecular weight excluding hydrogens is 423 g/mol. The third-order valence-corrected chi connectivity index (χ3v) is 5.66. The molecule has 1 atom stereocenters. The van der Waals surface area contributed by atoms with Crippen LogP contribution in [0.5, 0.6) is 0 Å². The van der Waals surface area contributed by atoms with E-state index in [0.717, 1.165) is 5.56 Å². The van der Waals surface area contributed by atoms with Gasteiger partial charge in [0.1, 0.15) is 0 Å². The van der Waals surface area contributed by atoms with E-state index >= 15 is 0 Å². The summed E-state index contributed by atoms with van der Waals surface area (Å²) in [5.74, 6) is -0.968. The fraction of sp³-hybridized carbons (Fsp3) is 0.130. The average molecular weight is 441 g/mol. The zero-order valence-electron chi connectivity index (χ0n) is 15.8. The minimum atomic E-state index is -2.02. The summed E-state index contributed by atoms with van der Waals surface area (Å²) >= 11 is 12.1. The average Bonchev–Trinajstić information content (AvgIpc) is 2.91. The summed E-state index contributed by atoms with van der Waals surface area (Å²) in [6.45, 7) is 0.222. The Kier molecular flexibility index (Phi) is 5.28. The summed E-state index contributed by atoms with van der Waals surface area (Å²) < 4.78 is 0. The molecule has 1 aliphatic rings. The number of benzene rings is 3. The van der Waals surface area contributed by atoms with Crippen LogP contribution in [0.2, 0.25) is 10.0 Å². The molecule has 0 bridgehead atoms. The van der Waals surface area contributed by atoms with Crippen LogP contribution in [0.15, 0.2) is 66.7 Å². The minimum absolute atomic E-state index is 0.222. The molecule has 0 fully saturated rings. The Morgan fingerprint density at radius 1 is 1.00 bits per heavy atom. The van der Waals surface area contributed by atoms with E-state index in [1.165, 1.54) is 17.0 Å². The molecule has 0 saturated heterocycles. The molecule has 1 aliphatic heterocycles. The van der Waals surface area contributed by atoms with Gasteiger partial charge in [0.25, 0.3) is 5.91 Å². The topological polar surface area (TPSA) is 83.6 Å². The van der Waals surface area contributed by atoms with Gasteiger partial charge in [0.15, 0.2) is 11.4 Å². The third kappa shape index (κ3) is 3.67. The van der Waals surface area contributed by atoms with Gasteiger partial charge in [-0.15, -0.1) is 0 Å². The molecule has 0 aliphatic carbocycles. The Bertz CT molecular complexity index is 1150. The molecule has 5 nitrogen and oxygen atoms in total. The van der Waals surface area contributed by atoms with Gasteiger partial charge in [0, 0.05) is 26.9 Å². The number of nitrogens with zero attached hydrogens (tertiary/aromatic N) is 1. The number of rotatable bonds is 5. The number of anilines is 2. The molecule has 4 rings (SSSR count). The van der Waals surface area contributed by atoms with Crippen molar-refractivity contribution in [1.29, 1.82) is 0 Å². The number of aliphatic hydroxyl groups is 1. The van der Waals surface area contributed by atoms with Crippen LogP contribution in [0.3, 0.4) is 0 Å². The first kappa shape index (κ1) is 20.4. The molecule has 3 aromatic rings. The first-order valence-corrected chi connectivity index (χ1v) is 10.0. The fourth-order valence-electron chi connectivity index (χ4n) is 3.67. The van der Waals surface area contributed by atoms with Crippen molar-refractivity contribution < 1.29 is 14.7 Å². The number of amides is 1. The predicted octanol–water partition coefficient (Wildman–Crippen LogP) is 4.58. The minimum Gasteiger partial charge on any atom is -0.399 e. The predicted molar refractivity (Wildman–Crippen MR) is 118 cm³/mol. The van der Waals surface area contributed by atoms with Crippen LogP contribution in [-0.2, 0) is 16.9 Å². The largest absolute Gasteiger partial charge is 0.399 e. The van der Waals surface area contributed by atoms with Gasteiger partial charge >= 0.3 is 0 Å². The first-order chi connectivity index (χ1) is 14.3. The second kappa shape index (κ2) is 7.76. The van der Waals surface area contributed by atoms with Gasteiger partial charge in [-0.2, -0.15) is 0 Å². The smallest absolute Gasteiger partial charge is 0.264 e. The van der Waals surface area contributed by atoms with Gasteiger partial charge < -0.3 is 15.7 Å². The van der Waals surface area contributed by atoms with Crippen LogP contribution >= 0.6 is 23.2 Å². The molecule has 1 amide bonds. The second-order valence-electron chi connectivity index (χ2n) is 7.26. The van der Waals surface area contributed by atoms with Gasteiger partial charge in [-0.05, 0) is 48.0 Å². The molecule has 0 spiro atoms. The lowest BCUT2D eigenvalue weighted by Crippen LogP contribution is -2.41. The van der Waals surface area contributed by atoms with Crippen LogP contribution in [0.1, 0.15) is 27.9 Å². The SMILES string of the molecule is Nc1cccc(C(=O)C[C@@]2(O)C(=O)N(Cc3ccc(Cl)cc3)c3ccc(Cl)cc32)c1. The van der Waals surface area contributed by atoms with Gasteiger partial charge in [0.05, 0.1) is 18.7 Å². The van der Waals surface area contributed by atoms with E-state index in [2.05, 4.69) is 0 Å². The van der Waals surface area contributed by atoms with Gasteiger partial charge in [-0.1, -0.05) is 47.5 Å². The molecule has 3 N–H and O–H groups in total. The Morgan fingerprint density at radius 3 is 2.40 bits per heavy atom. The maximum absolute atomic E-state index is 13.3. The van der Waals surface area contributed by atoms with Crippen LogP contribution in [0.25, 0.3) is 0 Å². The Morgan fingerprint density at radius 2 is 1.70 bits per heavy atom. The highest BCUT2D eigenvalue weighted by molar-refractivity contribution is 6.31. The number of fused-ring (bicyclic) bond motifs is 1. The number of ketones is 1. The molecule has 0 radical (unpaired) electrons. The third-order valence-electron chi connectivity index (χ3n) is 5.17. The lowest BCUT2D eigenvalue weighted by Gasteiger charge is -2.23. The summed E-state index contributed by atoms with van der Waals surface area (Å²) in [7, 11) is 0. The fourth-order valence-corrected chi connectivity index (χ4v) is 3.97. The number of nitrogen functional groups attached to an aromatic ring is 1. The number of Topliss-reactive ketones (excluding diaryl/α,β-unsaturated/α-hetero) is 1. The van der Waals surface area contributed by atoms with Crippen LogP contribution in [0.4, 0.5) is 11.4 Å². The van der Waals surface area contributed by atoms with E-state index in [9.17, 15) is 14.7 Å². The molecule has 0 saturated carbocycles. The summed E-state index contributed by atoms with van der Waals surface area (Å²) in [5.41, 5.74) is 6.16. The highest BCUT2D eigenvalue weighted by Gasteiger charge is 2.51. The van der Waals surface area contributed by atoms with E-state index in [1.54, 1.807) is 54.6 Å². The maximum atomic E-state index is 13.3. The van der Waals surface area contributed by atoms with Crippen molar-refractivity contribution >= 4 is 46.3 Å². The highest BCUT2D eigenvalue weighted by Crippen LogP contribution is 2.44. The van der Waals surface area contributed by atoms with E-state index < -0.39 is 23.7 Å². The monoisotopic (exact) mass is 440 g/mol. The molecule has 7 heteroatoms. The van der Waals surface area contributed by atoms with E-state index in [1.807, 2.05) is 0 Å². The van der Waals surface area contributed by atoms with Crippen LogP contribution in [-0.4, -0.2) is 16.8 Å². The number of nitrogens with two attached hydrogens (primary N) is 1. The van der Waals surface area contributed by atoms with Gasteiger partial charge in [-0.3, -0.25) is 9.59 Å². The Hall–Kier alpha value is -2.86. The van der Waals surface area contributed by atoms with Crippen LogP contribution < -0.4 is 10.6 Å². The lowest BCUT2D eigenvalue weighted by atomic mass is 9.88. The molecule has 3 aromatic carbocycles. The summed E-state index contributed by atoms with van der Waals surface area (Å²) in [4.78, 5) is 27.7. The van der Waals surface area contributed by atoms with Crippen LogP contribution in [0, 0.1) is 0 Å². The normalized spacial score (nSPS) is 17.8. The van der Waals surface area contributed by atoms with Crippen molar-refractivity contribution in [1.82, 2.24) is 0 Å². The summed E-state index contributed by atoms with van der Waals surface area (Å²) in [5, 5.41) is 12.4.